The van der Waals surface area contributed by atoms with Crippen LogP contribution in [0.25, 0.3) is 11.2 Å². The number of carbonyl (C=O) groups is 1. The molecule has 1 amide bonds. The smallest absolute Gasteiger partial charge is 0.280 e. The summed E-state index contributed by atoms with van der Waals surface area (Å²) >= 11 is 0. The Kier molecular flexibility index (Phi) is 3.64. The summed E-state index contributed by atoms with van der Waals surface area (Å²) in [6, 6.07) is 0. The van der Waals surface area contributed by atoms with Gasteiger partial charge in [0.15, 0.2) is 17.4 Å². The van der Waals surface area contributed by atoms with Gasteiger partial charge in [0.1, 0.15) is 6.10 Å². The number of carbonyl (C=O) groups excluding carboxylic acids is 1. The Hall–Kier alpha value is -2.30. The van der Waals surface area contributed by atoms with E-state index in [4.69, 9.17) is 9.84 Å². The number of aliphatic hydroxyl groups is 2. The van der Waals surface area contributed by atoms with Crippen LogP contribution in [-0.2, 0) is 9.53 Å². The third-order valence-electron chi connectivity index (χ3n) is 3.37. The maximum atomic E-state index is 11.9. The molecule has 0 bridgehead atoms. The van der Waals surface area contributed by atoms with Gasteiger partial charge in [-0.15, -0.1) is 0 Å². The third-order valence-corrected chi connectivity index (χ3v) is 3.37. The molecule has 3 rings (SSSR count). The van der Waals surface area contributed by atoms with E-state index in [-0.39, 0.29) is 36.0 Å². The SMILES string of the molecule is CC(=O)Nc1nc2c(ncn2[C@@H]2O[C@H](CO)CC2O)c(=O)[nH]1. The number of imidazole rings is 1. The number of hydrogen-bond acceptors (Lipinski definition) is 7. The first-order chi connectivity index (χ1) is 10.5. The second-order valence-electron chi connectivity index (χ2n) is 5.05. The minimum absolute atomic E-state index is 0.0158. The van der Waals surface area contributed by atoms with Crippen molar-refractivity contribution in [2.24, 2.45) is 0 Å². The minimum atomic E-state index is -0.861. The van der Waals surface area contributed by atoms with Crippen LogP contribution in [0.3, 0.4) is 0 Å². The van der Waals surface area contributed by atoms with Gasteiger partial charge >= 0.3 is 0 Å². The zero-order valence-electron chi connectivity index (χ0n) is 11.7. The fraction of sp³-hybridized carbons (Fsp3) is 0.500. The van der Waals surface area contributed by atoms with Gasteiger partial charge in [-0.2, -0.15) is 4.98 Å². The third kappa shape index (κ3) is 2.47. The summed E-state index contributed by atoms with van der Waals surface area (Å²) in [7, 11) is 0. The highest BCUT2D eigenvalue weighted by Crippen LogP contribution is 2.30. The average Bonchev–Trinajstić information content (AvgIpc) is 3.01. The lowest BCUT2D eigenvalue weighted by molar-refractivity contribution is -0.114. The number of anilines is 1. The normalized spacial score (nSPS) is 24.8. The standard InChI is InChI=1S/C12H15N5O5/c1-5(19)14-12-15-9-8(10(21)16-12)13-4-17(9)11-7(20)2-6(3-18)22-11/h4,6-7,11,18,20H,2-3H2,1H3,(H2,14,15,16,19,21)/t6-,7?,11+/m0/s1. The average molecular weight is 309 g/mol. The summed E-state index contributed by atoms with van der Waals surface area (Å²) in [4.78, 5) is 33.5. The molecule has 0 saturated carbocycles. The molecule has 0 aromatic carbocycles. The maximum absolute atomic E-state index is 11.9. The van der Waals surface area contributed by atoms with E-state index in [0.29, 0.717) is 0 Å². The van der Waals surface area contributed by atoms with Crippen molar-refractivity contribution in [3.8, 4) is 0 Å². The Bertz CT molecular complexity index is 769. The molecule has 1 unspecified atom stereocenters. The number of hydrogen-bond donors (Lipinski definition) is 4. The van der Waals surface area contributed by atoms with Crippen LogP contribution in [-0.4, -0.2) is 54.5 Å². The number of H-pyrrole nitrogens is 1. The van der Waals surface area contributed by atoms with Gasteiger partial charge < -0.3 is 14.9 Å². The molecule has 22 heavy (non-hydrogen) atoms. The van der Waals surface area contributed by atoms with Crippen molar-refractivity contribution in [1.29, 1.82) is 0 Å². The lowest BCUT2D eigenvalue weighted by Crippen LogP contribution is -2.21. The molecule has 10 nitrogen and oxygen atoms in total. The predicted octanol–water partition coefficient (Wildman–Crippen LogP) is -1.28. The van der Waals surface area contributed by atoms with Gasteiger partial charge in [-0.05, 0) is 0 Å². The van der Waals surface area contributed by atoms with E-state index >= 15 is 0 Å². The monoisotopic (exact) mass is 309 g/mol. The van der Waals surface area contributed by atoms with E-state index in [1.165, 1.54) is 17.8 Å². The van der Waals surface area contributed by atoms with Gasteiger partial charge in [0.2, 0.25) is 11.9 Å². The molecule has 0 spiro atoms. The van der Waals surface area contributed by atoms with Crippen LogP contribution in [0.15, 0.2) is 11.1 Å². The molecule has 3 atom stereocenters. The number of aliphatic hydroxyl groups excluding tert-OH is 2. The van der Waals surface area contributed by atoms with Gasteiger partial charge in [-0.25, -0.2) is 4.98 Å². The fourth-order valence-corrected chi connectivity index (χ4v) is 2.44. The van der Waals surface area contributed by atoms with Gasteiger partial charge in [0.05, 0.1) is 19.0 Å². The highest BCUT2D eigenvalue weighted by Gasteiger charge is 2.36. The van der Waals surface area contributed by atoms with E-state index in [9.17, 15) is 14.7 Å². The van der Waals surface area contributed by atoms with E-state index < -0.39 is 24.0 Å². The number of rotatable bonds is 3. The summed E-state index contributed by atoms with van der Waals surface area (Å²) in [5.41, 5.74) is -0.272. The summed E-state index contributed by atoms with van der Waals surface area (Å²) in [6.45, 7) is 1.07. The van der Waals surface area contributed by atoms with Crippen molar-refractivity contribution in [1.82, 2.24) is 19.5 Å². The number of aromatic amines is 1. The highest BCUT2D eigenvalue weighted by atomic mass is 16.5. The molecule has 1 aliphatic rings. The zero-order valence-corrected chi connectivity index (χ0v) is 11.7. The van der Waals surface area contributed by atoms with E-state index in [1.54, 1.807) is 0 Å². The van der Waals surface area contributed by atoms with Crippen LogP contribution in [0.2, 0.25) is 0 Å². The zero-order chi connectivity index (χ0) is 15.9. The molecule has 1 aliphatic heterocycles. The highest BCUT2D eigenvalue weighted by molar-refractivity contribution is 5.87. The molecule has 0 aliphatic carbocycles. The Labute approximate surface area is 123 Å². The summed E-state index contributed by atoms with van der Waals surface area (Å²) in [5, 5.41) is 21.5. The lowest BCUT2D eigenvalue weighted by atomic mass is 10.2. The molecule has 4 N–H and O–H groups in total. The number of amides is 1. The Morgan fingerprint density at radius 2 is 2.41 bits per heavy atom. The number of nitrogens with zero attached hydrogens (tertiary/aromatic N) is 3. The minimum Gasteiger partial charge on any atom is -0.394 e. The maximum Gasteiger partial charge on any atom is 0.280 e. The first kappa shape index (κ1) is 14.6. The molecule has 10 heteroatoms. The van der Waals surface area contributed by atoms with Gasteiger partial charge in [0.25, 0.3) is 5.56 Å². The van der Waals surface area contributed by atoms with Crippen LogP contribution < -0.4 is 10.9 Å². The second kappa shape index (κ2) is 5.48. The number of ether oxygens (including phenoxy) is 1. The lowest BCUT2D eigenvalue weighted by Gasteiger charge is -2.16. The molecular weight excluding hydrogens is 294 g/mol. The molecule has 1 saturated heterocycles. The van der Waals surface area contributed by atoms with Crippen LogP contribution in [0.5, 0.6) is 0 Å². The van der Waals surface area contributed by atoms with Crippen molar-refractivity contribution < 1.29 is 19.7 Å². The molecular formula is C12H15N5O5. The summed E-state index contributed by atoms with van der Waals surface area (Å²) < 4.78 is 6.93. The van der Waals surface area contributed by atoms with Crippen LogP contribution >= 0.6 is 0 Å². The van der Waals surface area contributed by atoms with Crippen LogP contribution in [0.4, 0.5) is 5.95 Å². The predicted molar refractivity (Wildman–Crippen MR) is 74.1 cm³/mol. The van der Waals surface area contributed by atoms with Crippen molar-refractivity contribution in [3.05, 3.63) is 16.7 Å². The molecule has 2 aromatic rings. The van der Waals surface area contributed by atoms with Gasteiger partial charge in [0, 0.05) is 13.3 Å². The van der Waals surface area contributed by atoms with Crippen molar-refractivity contribution in [3.63, 3.8) is 0 Å². The summed E-state index contributed by atoms with van der Waals surface area (Å²) in [5.74, 6) is -0.399. The van der Waals surface area contributed by atoms with Crippen molar-refractivity contribution in [2.45, 2.75) is 31.8 Å². The van der Waals surface area contributed by atoms with E-state index in [2.05, 4.69) is 20.3 Å². The quantitative estimate of drug-likeness (QED) is 0.553. The first-order valence-corrected chi connectivity index (χ1v) is 6.68. The molecule has 2 aromatic heterocycles. The van der Waals surface area contributed by atoms with Crippen molar-refractivity contribution >= 4 is 23.0 Å². The topological polar surface area (TPSA) is 142 Å². The summed E-state index contributed by atoms with van der Waals surface area (Å²) in [6.07, 6.45) is -0.559. The van der Waals surface area contributed by atoms with Gasteiger partial charge in [-0.3, -0.25) is 24.5 Å². The first-order valence-electron chi connectivity index (χ1n) is 6.68. The Balaban J connectivity index is 2.05. The fourth-order valence-electron chi connectivity index (χ4n) is 2.44. The Morgan fingerprint density at radius 1 is 1.64 bits per heavy atom. The molecule has 118 valence electrons. The number of fused-ring (bicyclic) bond motifs is 1. The van der Waals surface area contributed by atoms with Crippen LogP contribution in [0.1, 0.15) is 19.6 Å². The number of aromatic nitrogens is 4. The Morgan fingerprint density at radius 3 is 3.05 bits per heavy atom. The largest absolute Gasteiger partial charge is 0.394 e. The molecule has 0 radical (unpaired) electrons. The van der Waals surface area contributed by atoms with E-state index in [1.807, 2.05) is 0 Å². The van der Waals surface area contributed by atoms with Gasteiger partial charge in [-0.1, -0.05) is 0 Å². The molecule has 3 heterocycles. The van der Waals surface area contributed by atoms with Crippen molar-refractivity contribution in [2.75, 3.05) is 11.9 Å². The number of nitrogens with one attached hydrogen (secondary N) is 2. The molecule has 1 fully saturated rings. The van der Waals surface area contributed by atoms with E-state index in [0.717, 1.165) is 0 Å². The second-order valence-corrected chi connectivity index (χ2v) is 5.05. The van der Waals surface area contributed by atoms with Crippen LogP contribution in [0, 0.1) is 0 Å².